The number of hydrogen-bond acceptors (Lipinski definition) is 1. The van der Waals surface area contributed by atoms with Gasteiger partial charge in [0.1, 0.15) is 0 Å². The first-order valence-electron chi connectivity index (χ1n) is 11.0. The van der Waals surface area contributed by atoms with Crippen LogP contribution < -0.4 is 0 Å². The summed E-state index contributed by atoms with van der Waals surface area (Å²) < 4.78 is 26.6. The highest BCUT2D eigenvalue weighted by molar-refractivity contribution is 5.11. The monoisotopic (exact) mass is 363 g/mol. The topological polar surface area (TPSA) is 12.9 Å². The van der Waals surface area contributed by atoms with Crippen molar-refractivity contribution >= 4 is 0 Å². The highest BCUT2D eigenvalue weighted by atomic mass is 19.1. The molecule has 1 aromatic heterocycles. The van der Waals surface area contributed by atoms with Crippen LogP contribution in [-0.2, 0) is 6.42 Å². The van der Waals surface area contributed by atoms with Crippen molar-refractivity contribution in [2.24, 2.45) is 23.7 Å². The van der Waals surface area contributed by atoms with E-state index in [-0.39, 0.29) is 0 Å². The van der Waals surface area contributed by atoms with Crippen LogP contribution in [0, 0.1) is 35.6 Å². The van der Waals surface area contributed by atoms with Crippen molar-refractivity contribution in [1.82, 2.24) is 4.98 Å². The highest BCUT2D eigenvalue weighted by Crippen LogP contribution is 2.43. The molecule has 0 spiro atoms. The van der Waals surface area contributed by atoms with E-state index < -0.39 is 11.9 Å². The van der Waals surface area contributed by atoms with E-state index in [9.17, 15) is 8.78 Å². The molecule has 1 aromatic rings. The van der Waals surface area contributed by atoms with Gasteiger partial charge in [-0.25, -0.2) is 0 Å². The van der Waals surface area contributed by atoms with E-state index in [4.69, 9.17) is 0 Å². The first-order chi connectivity index (χ1) is 12.7. The fourth-order valence-corrected chi connectivity index (χ4v) is 5.38. The molecule has 26 heavy (non-hydrogen) atoms. The SMILES string of the molecule is CCCCC1CCC(C2CCC(CCc3ccc(F)nc3F)CC2)CC1. The van der Waals surface area contributed by atoms with E-state index in [1.807, 2.05) is 0 Å². The van der Waals surface area contributed by atoms with Crippen LogP contribution in [0.5, 0.6) is 0 Å². The third-order valence-corrected chi connectivity index (χ3v) is 7.13. The van der Waals surface area contributed by atoms with Gasteiger partial charge in [0.25, 0.3) is 0 Å². The van der Waals surface area contributed by atoms with Gasteiger partial charge in [0.15, 0.2) is 0 Å². The molecule has 2 aliphatic carbocycles. The minimum absolute atomic E-state index is 0.568. The summed E-state index contributed by atoms with van der Waals surface area (Å²) in [5.74, 6) is 2.25. The number of unbranched alkanes of at least 4 members (excludes halogenated alkanes) is 1. The zero-order chi connectivity index (χ0) is 18.4. The van der Waals surface area contributed by atoms with Crippen LogP contribution in [0.1, 0.15) is 89.5 Å². The molecule has 3 rings (SSSR count). The van der Waals surface area contributed by atoms with Gasteiger partial charge in [-0.2, -0.15) is 13.8 Å². The van der Waals surface area contributed by atoms with Crippen molar-refractivity contribution < 1.29 is 8.78 Å². The lowest BCUT2D eigenvalue weighted by molar-refractivity contribution is 0.140. The molecule has 3 heteroatoms. The number of rotatable bonds is 7. The molecule has 2 fully saturated rings. The third-order valence-electron chi connectivity index (χ3n) is 7.13. The molecule has 2 aliphatic rings. The van der Waals surface area contributed by atoms with Gasteiger partial charge in [0.2, 0.25) is 11.9 Å². The standard InChI is InChI=1S/C23H35F2N/c1-2-3-4-17-5-10-19(11-6-17)20-12-7-18(8-13-20)9-14-21-15-16-22(24)26-23(21)25/h15-20H,2-14H2,1H3. The van der Waals surface area contributed by atoms with Gasteiger partial charge in [-0.1, -0.05) is 51.9 Å². The third kappa shape index (κ3) is 5.50. The molecular formula is C23H35F2N. The molecule has 0 aliphatic heterocycles. The lowest BCUT2D eigenvalue weighted by Gasteiger charge is -2.38. The summed E-state index contributed by atoms with van der Waals surface area (Å²) in [5, 5.41) is 0. The molecule has 0 bridgehead atoms. The Morgan fingerprint density at radius 1 is 0.846 bits per heavy atom. The Morgan fingerprint density at radius 2 is 1.42 bits per heavy atom. The van der Waals surface area contributed by atoms with Gasteiger partial charge < -0.3 is 0 Å². The molecule has 0 atom stereocenters. The summed E-state index contributed by atoms with van der Waals surface area (Å²) in [5.41, 5.74) is 0.568. The summed E-state index contributed by atoms with van der Waals surface area (Å²) >= 11 is 0. The number of aryl methyl sites for hydroxylation is 1. The lowest BCUT2D eigenvalue weighted by Crippen LogP contribution is -2.26. The van der Waals surface area contributed by atoms with Crippen LogP contribution in [0.15, 0.2) is 12.1 Å². The Kier molecular flexibility index (Phi) is 7.45. The molecule has 0 radical (unpaired) electrons. The molecule has 0 amide bonds. The first kappa shape index (κ1) is 19.8. The van der Waals surface area contributed by atoms with Crippen molar-refractivity contribution in [2.45, 2.75) is 90.4 Å². The molecule has 2 saturated carbocycles. The normalized spacial score (nSPS) is 29.7. The quantitative estimate of drug-likeness (QED) is 0.471. The molecular weight excluding hydrogens is 328 g/mol. The van der Waals surface area contributed by atoms with Crippen molar-refractivity contribution in [3.8, 4) is 0 Å². The smallest absolute Gasteiger partial charge is 0.190 e. The van der Waals surface area contributed by atoms with Gasteiger partial charge in [-0.15, -0.1) is 0 Å². The van der Waals surface area contributed by atoms with E-state index in [1.165, 1.54) is 76.7 Å². The van der Waals surface area contributed by atoms with Crippen LogP contribution in [0.25, 0.3) is 0 Å². The van der Waals surface area contributed by atoms with Crippen LogP contribution in [0.2, 0.25) is 0 Å². The second kappa shape index (κ2) is 9.80. The molecule has 0 unspecified atom stereocenters. The lowest BCUT2D eigenvalue weighted by atomic mass is 9.68. The van der Waals surface area contributed by atoms with Crippen molar-refractivity contribution in [3.05, 3.63) is 29.6 Å². The minimum atomic E-state index is -0.726. The van der Waals surface area contributed by atoms with Gasteiger partial charge >= 0.3 is 0 Å². The highest BCUT2D eigenvalue weighted by Gasteiger charge is 2.30. The number of hydrogen-bond donors (Lipinski definition) is 0. The fourth-order valence-electron chi connectivity index (χ4n) is 5.38. The van der Waals surface area contributed by atoms with E-state index in [0.29, 0.717) is 17.9 Å². The van der Waals surface area contributed by atoms with E-state index in [1.54, 1.807) is 6.07 Å². The maximum absolute atomic E-state index is 13.7. The van der Waals surface area contributed by atoms with Gasteiger partial charge in [-0.3, -0.25) is 0 Å². The molecule has 0 aromatic carbocycles. The second-order valence-corrected chi connectivity index (χ2v) is 8.83. The van der Waals surface area contributed by atoms with Gasteiger partial charge in [0, 0.05) is 5.56 Å². The maximum atomic E-state index is 13.7. The summed E-state index contributed by atoms with van der Waals surface area (Å²) in [4.78, 5) is 3.30. The number of aromatic nitrogens is 1. The molecule has 0 N–H and O–H groups in total. The molecule has 1 nitrogen and oxygen atoms in total. The van der Waals surface area contributed by atoms with Crippen molar-refractivity contribution in [2.75, 3.05) is 0 Å². The maximum Gasteiger partial charge on any atom is 0.218 e. The van der Waals surface area contributed by atoms with E-state index in [0.717, 1.165) is 24.2 Å². The minimum Gasteiger partial charge on any atom is -0.190 e. The summed E-state index contributed by atoms with van der Waals surface area (Å²) in [7, 11) is 0. The molecule has 146 valence electrons. The Morgan fingerprint density at radius 3 is 1.96 bits per heavy atom. The molecule has 1 heterocycles. The summed E-state index contributed by atoms with van der Waals surface area (Å²) in [6.07, 6.45) is 17.0. The van der Waals surface area contributed by atoms with Gasteiger partial charge in [-0.05, 0) is 74.3 Å². The van der Waals surface area contributed by atoms with Crippen LogP contribution >= 0.6 is 0 Å². The number of halogens is 2. The van der Waals surface area contributed by atoms with E-state index in [2.05, 4.69) is 11.9 Å². The Hall–Kier alpha value is -0.990. The fraction of sp³-hybridized carbons (Fsp3) is 0.783. The second-order valence-electron chi connectivity index (χ2n) is 8.83. The first-order valence-corrected chi connectivity index (χ1v) is 11.0. The average Bonchev–Trinajstić information content (AvgIpc) is 2.66. The van der Waals surface area contributed by atoms with Crippen molar-refractivity contribution in [1.29, 1.82) is 0 Å². The molecule has 0 saturated heterocycles. The Bertz CT molecular complexity index is 543. The largest absolute Gasteiger partial charge is 0.218 e. The zero-order valence-electron chi connectivity index (χ0n) is 16.4. The summed E-state index contributed by atoms with van der Waals surface area (Å²) in [6, 6.07) is 2.83. The average molecular weight is 364 g/mol. The van der Waals surface area contributed by atoms with E-state index >= 15 is 0 Å². The predicted octanol–water partition coefficient (Wildman–Crippen LogP) is 7.10. The van der Waals surface area contributed by atoms with Crippen molar-refractivity contribution in [3.63, 3.8) is 0 Å². The predicted molar refractivity (Wildman–Crippen MR) is 103 cm³/mol. The number of pyridine rings is 1. The zero-order valence-corrected chi connectivity index (χ0v) is 16.4. The Balaban J connectivity index is 1.37. The number of nitrogens with zero attached hydrogens (tertiary/aromatic N) is 1. The Labute approximate surface area is 158 Å². The van der Waals surface area contributed by atoms with Crippen LogP contribution in [-0.4, -0.2) is 4.98 Å². The van der Waals surface area contributed by atoms with Gasteiger partial charge in [0.05, 0.1) is 0 Å². The van der Waals surface area contributed by atoms with Crippen LogP contribution in [0.3, 0.4) is 0 Å². The van der Waals surface area contributed by atoms with Crippen LogP contribution in [0.4, 0.5) is 8.78 Å². The summed E-state index contributed by atoms with van der Waals surface area (Å²) in [6.45, 7) is 2.30.